The lowest BCUT2D eigenvalue weighted by Crippen LogP contribution is -2.45. The molecule has 2 unspecified atom stereocenters. The van der Waals surface area contributed by atoms with E-state index in [9.17, 15) is 4.79 Å². The number of carbonyl (C=O) groups excluding carboxylic acids is 1. The van der Waals surface area contributed by atoms with Crippen LogP contribution in [0.2, 0.25) is 0 Å². The Labute approximate surface area is 133 Å². The van der Waals surface area contributed by atoms with Crippen LogP contribution in [-0.2, 0) is 28.4 Å². The zero-order valence-corrected chi connectivity index (χ0v) is 14.6. The second-order valence-corrected chi connectivity index (χ2v) is 4.63. The summed E-state index contributed by atoms with van der Waals surface area (Å²) in [5, 5.41) is 0. The fraction of sp³-hybridized carbons (Fsp3) is 0.933. The molecule has 0 rings (SSSR count). The smallest absolute Gasteiger partial charge is 0.376 e. The topological polar surface area (TPSA) is 72.5 Å². The van der Waals surface area contributed by atoms with Crippen LogP contribution in [0.25, 0.3) is 0 Å². The molecular formula is C15H30O7. The first kappa shape index (κ1) is 21.1. The molecule has 0 aromatic heterocycles. The Kier molecular flexibility index (Phi) is 10.3. The molecule has 7 heteroatoms. The van der Waals surface area contributed by atoms with Crippen LogP contribution >= 0.6 is 0 Å². The zero-order chi connectivity index (χ0) is 17.1. The Hall–Kier alpha value is -0.890. The summed E-state index contributed by atoms with van der Waals surface area (Å²) < 4.78 is 31.8. The summed E-state index contributed by atoms with van der Waals surface area (Å²) in [6, 6.07) is 0. The monoisotopic (exact) mass is 322 g/mol. The summed E-state index contributed by atoms with van der Waals surface area (Å²) >= 11 is 0. The summed E-state index contributed by atoms with van der Waals surface area (Å²) in [5.41, 5.74) is 0. The third kappa shape index (κ3) is 6.48. The molecule has 0 aliphatic rings. The molecule has 0 N–H and O–H groups in total. The summed E-state index contributed by atoms with van der Waals surface area (Å²) in [7, 11) is 2.81. The van der Waals surface area contributed by atoms with Crippen molar-refractivity contribution in [1.82, 2.24) is 0 Å². The van der Waals surface area contributed by atoms with Gasteiger partial charge in [-0.3, -0.25) is 0 Å². The zero-order valence-electron chi connectivity index (χ0n) is 14.6. The van der Waals surface area contributed by atoms with Gasteiger partial charge in [0.2, 0.25) is 0 Å². The fourth-order valence-corrected chi connectivity index (χ4v) is 1.69. The molecule has 0 aromatic carbocycles. The Morgan fingerprint density at radius 1 is 0.773 bits per heavy atom. The highest BCUT2D eigenvalue weighted by atomic mass is 17.0. The van der Waals surface area contributed by atoms with Crippen LogP contribution in [0.5, 0.6) is 0 Å². The van der Waals surface area contributed by atoms with E-state index in [1.807, 2.05) is 13.8 Å². The van der Waals surface area contributed by atoms with Crippen molar-refractivity contribution in [3.8, 4) is 0 Å². The Balaban J connectivity index is 4.84. The van der Waals surface area contributed by atoms with Crippen molar-refractivity contribution in [2.24, 2.45) is 0 Å². The first-order valence-corrected chi connectivity index (χ1v) is 7.77. The minimum atomic E-state index is -1.47. The Bertz CT molecular complexity index is 270. The molecule has 0 aliphatic carbocycles. The molecule has 0 radical (unpaired) electrons. The standard InChI is InChI=1S/C15H30O7/c1-7-11-19-14(9-3,17-5)21-13(16)22-15(10-4,18-6)20-12-8-2/h7-12H2,1-6H3. The van der Waals surface area contributed by atoms with E-state index in [1.54, 1.807) is 13.8 Å². The molecule has 0 fully saturated rings. The van der Waals surface area contributed by atoms with Crippen molar-refractivity contribution in [3.63, 3.8) is 0 Å². The molecular weight excluding hydrogens is 292 g/mol. The van der Waals surface area contributed by atoms with Crippen molar-refractivity contribution in [2.75, 3.05) is 27.4 Å². The molecule has 0 amide bonds. The lowest BCUT2D eigenvalue weighted by atomic mass is 10.4. The normalized spacial score (nSPS) is 16.6. The first-order chi connectivity index (χ1) is 10.5. The molecule has 2 atom stereocenters. The molecule has 0 heterocycles. The van der Waals surface area contributed by atoms with Crippen LogP contribution in [0.4, 0.5) is 4.79 Å². The minimum Gasteiger partial charge on any atom is -0.376 e. The van der Waals surface area contributed by atoms with Gasteiger partial charge in [0.1, 0.15) is 0 Å². The van der Waals surface area contributed by atoms with E-state index in [0.29, 0.717) is 26.1 Å². The lowest BCUT2D eigenvalue weighted by Gasteiger charge is -2.33. The molecule has 0 aliphatic heterocycles. The third-order valence-corrected chi connectivity index (χ3v) is 3.02. The van der Waals surface area contributed by atoms with Gasteiger partial charge < -0.3 is 28.4 Å². The maximum Gasteiger partial charge on any atom is 0.516 e. The minimum absolute atomic E-state index is 0.320. The van der Waals surface area contributed by atoms with Crippen molar-refractivity contribution in [1.29, 1.82) is 0 Å². The molecule has 0 spiro atoms. The number of carbonyl (C=O) groups is 1. The van der Waals surface area contributed by atoms with Gasteiger partial charge in [0, 0.05) is 27.1 Å². The predicted molar refractivity (Wildman–Crippen MR) is 80.1 cm³/mol. The maximum absolute atomic E-state index is 12.1. The number of methoxy groups -OCH3 is 2. The van der Waals surface area contributed by atoms with E-state index in [-0.39, 0.29) is 0 Å². The molecule has 0 saturated heterocycles. The van der Waals surface area contributed by atoms with E-state index < -0.39 is 18.1 Å². The van der Waals surface area contributed by atoms with Gasteiger partial charge in [0.05, 0.1) is 13.2 Å². The van der Waals surface area contributed by atoms with E-state index in [4.69, 9.17) is 28.4 Å². The quantitative estimate of drug-likeness (QED) is 0.402. The van der Waals surface area contributed by atoms with Crippen molar-refractivity contribution < 1.29 is 33.2 Å². The van der Waals surface area contributed by atoms with Gasteiger partial charge in [-0.05, 0) is 12.8 Å². The Morgan fingerprint density at radius 3 is 1.36 bits per heavy atom. The van der Waals surface area contributed by atoms with Gasteiger partial charge in [0.15, 0.2) is 0 Å². The molecule has 132 valence electrons. The highest BCUT2D eigenvalue weighted by Gasteiger charge is 2.40. The van der Waals surface area contributed by atoms with Crippen LogP contribution in [0, 0.1) is 0 Å². The molecule has 0 aromatic rings. The number of rotatable bonds is 12. The average molecular weight is 322 g/mol. The molecule has 0 bridgehead atoms. The van der Waals surface area contributed by atoms with Gasteiger partial charge >= 0.3 is 18.1 Å². The number of hydrogen-bond donors (Lipinski definition) is 0. The average Bonchev–Trinajstić information content (AvgIpc) is 2.55. The van der Waals surface area contributed by atoms with Crippen LogP contribution in [-0.4, -0.2) is 45.5 Å². The van der Waals surface area contributed by atoms with E-state index in [1.165, 1.54) is 14.2 Å². The largest absolute Gasteiger partial charge is 0.516 e. The van der Waals surface area contributed by atoms with E-state index in [0.717, 1.165) is 12.8 Å². The van der Waals surface area contributed by atoms with Crippen LogP contribution < -0.4 is 0 Å². The van der Waals surface area contributed by atoms with Gasteiger partial charge in [0.25, 0.3) is 0 Å². The predicted octanol–water partition coefficient (Wildman–Crippen LogP) is 3.41. The number of hydrogen-bond acceptors (Lipinski definition) is 7. The van der Waals surface area contributed by atoms with E-state index in [2.05, 4.69) is 0 Å². The Morgan fingerprint density at radius 2 is 1.14 bits per heavy atom. The summed E-state index contributed by atoms with van der Waals surface area (Å²) in [4.78, 5) is 12.1. The molecule has 0 saturated carbocycles. The first-order valence-electron chi connectivity index (χ1n) is 7.77. The van der Waals surface area contributed by atoms with Gasteiger partial charge in [-0.1, -0.05) is 27.7 Å². The number of ether oxygens (including phenoxy) is 6. The van der Waals surface area contributed by atoms with E-state index >= 15 is 0 Å². The van der Waals surface area contributed by atoms with Gasteiger partial charge in [-0.2, -0.15) is 0 Å². The highest BCUT2D eigenvalue weighted by Crippen LogP contribution is 2.24. The molecule has 7 nitrogen and oxygen atoms in total. The van der Waals surface area contributed by atoms with Crippen molar-refractivity contribution in [2.45, 2.75) is 65.3 Å². The fourth-order valence-electron chi connectivity index (χ4n) is 1.69. The van der Waals surface area contributed by atoms with Crippen LogP contribution in [0.15, 0.2) is 0 Å². The van der Waals surface area contributed by atoms with Crippen molar-refractivity contribution in [3.05, 3.63) is 0 Å². The highest BCUT2D eigenvalue weighted by molar-refractivity contribution is 5.60. The summed E-state index contributed by atoms with van der Waals surface area (Å²) in [5.74, 6) is -2.93. The second kappa shape index (κ2) is 10.8. The molecule has 22 heavy (non-hydrogen) atoms. The summed E-state index contributed by atoms with van der Waals surface area (Å²) in [6.07, 6.45) is 1.20. The second-order valence-electron chi connectivity index (χ2n) is 4.63. The van der Waals surface area contributed by atoms with Gasteiger partial charge in [-0.15, -0.1) is 0 Å². The lowest BCUT2D eigenvalue weighted by molar-refractivity contribution is -0.384. The van der Waals surface area contributed by atoms with Gasteiger partial charge in [-0.25, -0.2) is 4.79 Å². The third-order valence-electron chi connectivity index (χ3n) is 3.02. The summed E-state index contributed by atoms with van der Waals surface area (Å²) in [6.45, 7) is 8.24. The van der Waals surface area contributed by atoms with Crippen LogP contribution in [0.3, 0.4) is 0 Å². The van der Waals surface area contributed by atoms with Crippen molar-refractivity contribution >= 4 is 6.16 Å². The SMILES string of the molecule is CCCOC(CC)(OC)OC(=O)OC(CC)(OC)OCCC. The van der Waals surface area contributed by atoms with Crippen LogP contribution in [0.1, 0.15) is 53.4 Å². The maximum atomic E-state index is 12.1.